The van der Waals surface area contributed by atoms with Gasteiger partial charge in [-0.15, -0.1) is 45.3 Å². The number of carbonyl (C=O) groups excluding carboxylic acids is 3. The zero-order valence-corrected chi connectivity index (χ0v) is 34.1. The number of fused-ring (bicyclic) bond motifs is 4. The smallest absolute Gasteiger partial charge is 0.410 e. The summed E-state index contributed by atoms with van der Waals surface area (Å²) in [5.74, 6) is -0.147. The van der Waals surface area contributed by atoms with Gasteiger partial charge in [0.15, 0.2) is 0 Å². The molecule has 0 radical (unpaired) electrons. The first-order chi connectivity index (χ1) is 25.3. The van der Waals surface area contributed by atoms with E-state index in [1.165, 1.54) is 44.5 Å². The lowest BCUT2D eigenvalue weighted by atomic mass is 10.0. The SMILES string of the molecule is CC(=O)Nc1sc2c(c1-c1nc3c(C)cccc3s1)CCN(C(=O)OC(C)(C)C)C2.CC(=O)Nc1sc2c(c1-c1nc3c(C)cccc3s1)CCNC2. The van der Waals surface area contributed by atoms with Gasteiger partial charge in [0.25, 0.3) is 0 Å². The van der Waals surface area contributed by atoms with Crippen LogP contribution in [0.4, 0.5) is 14.8 Å². The Balaban J connectivity index is 0.000000170. The number of rotatable bonds is 4. The molecule has 0 spiro atoms. The fourth-order valence-electron chi connectivity index (χ4n) is 6.56. The van der Waals surface area contributed by atoms with Crippen LogP contribution in [0.25, 0.3) is 41.6 Å². The number of aryl methyl sites for hydroxylation is 2. The maximum Gasteiger partial charge on any atom is 0.410 e. The zero-order valence-electron chi connectivity index (χ0n) is 30.8. The standard InChI is InChI=1S/C22H25N3O3S2.C17H17N3OS2/c1-12-7-6-8-15-18(12)24-20(29-15)17-14-9-10-25(21(27)28-22(3,4)5)11-16(14)30-19(17)23-13(2)26;1-9-4-3-5-12-15(9)20-17(22-12)14-11-6-7-18-8-13(11)23-16(14)19-10(2)21/h6-8H,9-11H2,1-5H3,(H,23,26);3-5,18H,6-8H2,1-2H3,(H,19,21). The number of nitrogens with zero attached hydrogens (tertiary/aromatic N) is 3. The van der Waals surface area contributed by atoms with Gasteiger partial charge in [0.2, 0.25) is 11.8 Å². The molecule has 14 heteroatoms. The van der Waals surface area contributed by atoms with Gasteiger partial charge in [0.1, 0.15) is 25.6 Å². The van der Waals surface area contributed by atoms with Crippen LogP contribution in [-0.2, 0) is 40.3 Å². The second kappa shape index (κ2) is 14.9. The lowest BCUT2D eigenvalue weighted by Crippen LogP contribution is -2.39. The van der Waals surface area contributed by atoms with Crippen molar-refractivity contribution < 1.29 is 19.1 Å². The number of anilines is 2. The van der Waals surface area contributed by atoms with E-state index in [1.807, 2.05) is 26.8 Å². The first-order valence-corrected chi connectivity index (χ1v) is 20.8. The number of carbonyl (C=O) groups is 3. The minimum Gasteiger partial charge on any atom is -0.444 e. The maximum atomic E-state index is 12.5. The van der Waals surface area contributed by atoms with Crippen molar-refractivity contribution in [2.75, 3.05) is 23.7 Å². The Morgan fingerprint density at radius 3 is 1.81 bits per heavy atom. The van der Waals surface area contributed by atoms with Gasteiger partial charge in [-0.05, 0) is 88.4 Å². The molecular weight excluding hydrogens is 745 g/mol. The van der Waals surface area contributed by atoms with Crippen LogP contribution in [-0.4, -0.2) is 51.5 Å². The molecule has 6 heterocycles. The van der Waals surface area contributed by atoms with Crippen molar-refractivity contribution in [3.8, 4) is 21.1 Å². The van der Waals surface area contributed by atoms with Crippen molar-refractivity contribution in [2.24, 2.45) is 0 Å². The molecule has 6 aromatic rings. The molecule has 0 unspecified atom stereocenters. The highest BCUT2D eigenvalue weighted by Gasteiger charge is 2.31. The Bertz CT molecular complexity index is 2380. The largest absolute Gasteiger partial charge is 0.444 e. The van der Waals surface area contributed by atoms with E-state index in [1.54, 1.807) is 45.8 Å². The van der Waals surface area contributed by atoms with Crippen molar-refractivity contribution >= 4 is 93.7 Å². The second-order valence-electron chi connectivity index (χ2n) is 14.2. The molecule has 0 fully saturated rings. The average Bonchev–Trinajstić information content (AvgIpc) is 3.86. The fraction of sp³-hybridized carbons (Fsp3) is 0.359. The first-order valence-electron chi connectivity index (χ1n) is 17.5. The molecule has 8 rings (SSSR count). The Morgan fingerprint density at radius 1 is 0.774 bits per heavy atom. The monoisotopic (exact) mass is 786 g/mol. The predicted molar refractivity (Wildman–Crippen MR) is 220 cm³/mol. The summed E-state index contributed by atoms with van der Waals surface area (Å²) in [5.41, 5.74) is 8.49. The van der Waals surface area contributed by atoms with Gasteiger partial charge < -0.3 is 25.6 Å². The van der Waals surface area contributed by atoms with E-state index in [-0.39, 0.29) is 17.9 Å². The molecule has 10 nitrogen and oxygen atoms in total. The van der Waals surface area contributed by atoms with E-state index < -0.39 is 5.60 Å². The molecule has 2 aromatic carbocycles. The van der Waals surface area contributed by atoms with Gasteiger partial charge in [-0.3, -0.25) is 9.59 Å². The lowest BCUT2D eigenvalue weighted by Gasteiger charge is -2.30. The van der Waals surface area contributed by atoms with E-state index in [2.05, 4.69) is 60.1 Å². The van der Waals surface area contributed by atoms with Crippen LogP contribution >= 0.6 is 45.3 Å². The molecule has 2 aliphatic heterocycles. The lowest BCUT2D eigenvalue weighted by molar-refractivity contribution is -0.115. The predicted octanol–water partition coefficient (Wildman–Crippen LogP) is 9.52. The Labute approximate surface area is 324 Å². The van der Waals surface area contributed by atoms with Gasteiger partial charge in [0.05, 0.1) is 27.0 Å². The normalized spacial score (nSPS) is 14.0. The van der Waals surface area contributed by atoms with E-state index in [4.69, 9.17) is 14.7 Å². The van der Waals surface area contributed by atoms with Gasteiger partial charge in [0, 0.05) is 47.8 Å². The number of para-hydroxylation sites is 2. The Hall–Kier alpha value is -4.21. The van der Waals surface area contributed by atoms with Crippen LogP contribution < -0.4 is 16.0 Å². The van der Waals surface area contributed by atoms with Gasteiger partial charge >= 0.3 is 6.09 Å². The van der Waals surface area contributed by atoms with Gasteiger partial charge in [-0.2, -0.15) is 0 Å². The maximum absolute atomic E-state index is 12.5. The summed E-state index contributed by atoms with van der Waals surface area (Å²) >= 11 is 6.54. The third-order valence-corrected chi connectivity index (χ3v) is 13.2. The van der Waals surface area contributed by atoms with Crippen molar-refractivity contribution in [1.29, 1.82) is 0 Å². The molecule has 4 aromatic heterocycles. The van der Waals surface area contributed by atoms with Crippen LogP contribution in [0.15, 0.2) is 36.4 Å². The van der Waals surface area contributed by atoms with Crippen molar-refractivity contribution in [1.82, 2.24) is 20.2 Å². The number of thiophene rings is 2. The number of hydrogen-bond donors (Lipinski definition) is 3. The van der Waals surface area contributed by atoms with E-state index in [0.29, 0.717) is 19.5 Å². The quantitative estimate of drug-likeness (QED) is 0.163. The summed E-state index contributed by atoms with van der Waals surface area (Å²) in [7, 11) is 0. The summed E-state index contributed by atoms with van der Waals surface area (Å²) in [6.45, 7) is 15.7. The number of ether oxygens (including phenoxy) is 1. The molecule has 276 valence electrons. The fourth-order valence-corrected chi connectivity index (χ4v) is 11.5. The van der Waals surface area contributed by atoms with Crippen molar-refractivity contribution in [3.05, 3.63) is 68.4 Å². The van der Waals surface area contributed by atoms with E-state index in [0.717, 1.165) is 76.8 Å². The number of nitrogens with one attached hydrogen (secondary N) is 3. The summed E-state index contributed by atoms with van der Waals surface area (Å²) in [6, 6.07) is 12.4. The van der Waals surface area contributed by atoms with Gasteiger partial charge in [-0.1, -0.05) is 24.3 Å². The number of thiazole rings is 2. The average molecular weight is 787 g/mol. The molecule has 0 aliphatic carbocycles. The number of aromatic nitrogens is 2. The zero-order chi connectivity index (χ0) is 37.6. The minimum absolute atomic E-state index is 0.0323. The summed E-state index contributed by atoms with van der Waals surface area (Å²) < 4.78 is 7.87. The molecule has 2 aliphatic rings. The molecule has 3 N–H and O–H groups in total. The molecule has 0 bridgehead atoms. The molecule has 0 saturated carbocycles. The number of benzene rings is 2. The molecule has 53 heavy (non-hydrogen) atoms. The van der Waals surface area contributed by atoms with Crippen LogP contribution in [0.5, 0.6) is 0 Å². The van der Waals surface area contributed by atoms with Crippen LogP contribution in [0.3, 0.4) is 0 Å². The summed E-state index contributed by atoms with van der Waals surface area (Å²) in [5, 5.41) is 13.0. The number of hydrogen-bond acceptors (Lipinski definition) is 11. The van der Waals surface area contributed by atoms with E-state index in [9.17, 15) is 14.4 Å². The summed E-state index contributed by atoms with van der Waals surface area (Å²) in [6.07, 6.45) is 1.38. The second-order valence-corrected chi connectivity index (χ2v) is 18.5. The van der Waals surface area contributed by atoms with Crippen LogP contribution in [0, 0.1) is 13.8 Å². The van der Waals surface area contributed by atoms with Crippen molar-refractivity contribution in [3.63, 3.8) is 0 Å². The molecule has 0 saturated heterocycles. The molecular formula is C39H42N6O4S4. The third kappa shape index (κ3) is 7.88. The Morgan fingerprint density at radius 2 is 1.30 bits per heavy atom. The molecule has 3 amide bonds. The van der Waals surface area contributed by atoms with Crippen LogP contribution in [0.2, 0.25) is 0 Å². The highest BCUT2D eigenvalue weighted by Crippen LogP contribution is 2.47. The minimum atomic E-state index is -0.530. The van der Waals surface area contributed by atoms with E-state index >= 15 is 0 Å². The van der Waals surface area contributed by atoms with Crippen molar-refractivity contribution in [2.45, 2.75) is 80.0 Å². The summed E-state index contributed by atoms with van der Waals surface area (Å²) in [4.78, 5) is 49.9. The Kier molecular flexibility index (Phi) is 10.4. The van der Waals surface area contributed by atoms with Crippen LogP contribution in [0.1, 0.15) is 66.6 Å². The first kappa shape index (κ1) is 37.1. The highest BCUT2D eigenvalue weighted by molar-refractivity contribution is 7.23. The third-order valence-electron chi connectivity index (χ3n) is 8.88. The van der Waals surface area contributed by atoms with Gasteiger partial charge in [-0.25, -0.2) is 14.8 Å². The number of amides is 3. The molecule has 0 atom stereocenters. The topological polar surface area (TPSA) is 126 Å². The highest BCUT2D eigenvalue weighted by atomic mass is 32.1.